The van der Waals surface area contributed by atoms with E-state index in [1.165, 1.54) is 0 Å². The molecule has 6 heteroatoms. The number of hydrazine groups is 1. The first-order valence-electron chi connectivity index (χ1n) is 6.85. The monoisotopic (exact) mass is 281 g/mol. The van der Waals surface area contributed by atoms with Gasteiger partial charge in [-0.15, -0.1) is 0 Å². The normalized spacial score (nSPS) is 23.8. The number of nitrogens with zero attached hydrogens (tertiary/aromatic N) is 1. The van der Waals surface area contributed by atoms with Gasteiger partial charge in [-0.3, -0.25) is 15.1 Å². The van der Waals surface area contributed by atoms with Gasteiger partial charge < -0.3 is 9.15 Å². The predicted molar refractivity (Wildman–Crippen MR) is 75.0 cm³/mol. The third-order valence-electron chi connectivity index (χ3n) is 3.95. The van der Waals surface area contributed by atoms with Crippen molar-refractivity contribution in [1.29, 1.82) is 0 Å². The largest absolute Gasteiger partial charge is 0.464 e. The molecule has 1 aliphatic heterocycles. The van der Waals surface area contributed by atoms with Crippen molar-refractivity contribution in [3.8, 4) is 0 Å². The van der Waals surface area contributed by atoms with Gasteiger partial charge >= 0.3 is 0 Å². The minimum absolute atomic E-state index is 0.0999. The van der Waals surface area contributed by atoms with Crippen molar-refractivity contribution in [2.75, 3.05) is 20.2 Å². The maximum atomic E-state index is 11.6. The Balaban J connectivity index is 2.05. The topological polar surface area (TPSA) is 80.7 Å². The molecule has 2 heterocycles. The van der Waals surface area contributed by atoms with Gasteiger partial charge in [-0.05, 0) is 39.3 Å². The van der Waals surface area contributed by atoms with Gasteiger partial charge in [0.1, 0.15) is 11.5 Å². The van der Waals surface area contributed by atoms with E-state index in [1.54, 1.807) is 20.1 Å². The van der Waals surface area contributed by atoms with Crippen molar-refractivity contribution in [2.45, 2.75) is 38.8 Å². The molecule has 1 aromatic heterocycles. The molecule has 1 fully saturated rings. The number of furan rings is 1. The molecule has 6 nitrogen and oxygen atoms in total. The molecule has 0 spiro atoms. The highest BCUT2D eigenvalue weighted by atomic mass is 16.5. The second-order valence-electron chi connectivity index (χ2n) is 5.62. The van der Waals surface area contributed by atoms with E-state index in [0.717, 1.165) is 31.7 Å². The fourth-order valence-electron chi connectivity index (χ4n) is 2.75. The van der Waals surface area contributed by atoms with Crippen LogP contribution in [0.2, 0.25) is 0 Å². The van der Waals surface area contributed by atoms with Crippen molar-refractivity contribution in [3.63, 3.8) is 0 Å². The first-order valence-corrected chi connectivity index (χ1v) is 6.85. The summed E-state index contributed by atoms with van der Waals surface area (Å²) < 4.78 is 11.2. The van der Waals surface area contributed by atoms with Crippen LogP contribution in [0.4, 0.5) is 0 Å². The van der Waals surface area contributed by atoms with Crippen molar-refractivity contribution in [2.24, 2.45) is 5.84 Å². The lowest BCUT2D eigenvalue weighted by Gasteiger charge is -2.39. The predicted octanol–water partition coefficient (Wildman–Crippen LogP) is 1.19. The number of likely N-dealkylation sites (tertiary alicyclic amines) is 1. The molecule has 2 rings (SSSR count). The van der Waals surface area contributed by atoms with Crippen LogP contribution in [0.1, 0.15) is 41.6 Å². The lowest BCUT2D eigenvalue weighted by Crippen LogP contribution is -2.46. The van der Waals surface area contributed by atoms with Gasteiger partial charge in [-0.2, -0.15) is 0 Å². The van der Waals surface area contributed by atoms with Crippen LogP contribution in [0.15, 0.2) is 10.5 Å². The Morgan fingerprint density at radius 3 is 3.05 bits per heavy atom. The van der Waals surface area contributed by atoms with Gasteiger partial charge in [0.05, 0.1) is 17.7 Å². The van der Waals surface area contributed by atoms with Gasteiger partial charge in [0, 0.05) is 13.7 Å². The number of amides is 1. The van der Waals surface area contributed by atoms with Crippen molar-refractivity contribution in [1.82, 2.24) is 10.3 Å². The van der Waals surface area contributed by atoms with Crippen LogP contribution in [0.25, 0.3) is 0 Å². The molecule has 112 valence electrons. The van der Waals surface area contributed by atoms with Crippen molar-refractivity contribution < 1.29 is 13.9 Å². The summed E-state index contributed by atoms with van der Waals surface area (Å²) in [7, 11) is 1.75. The average molecular weight is 281 g/mol. The summed E-state index contributed by atoms with van der Waals surface area (Å²) in [5.41, 5.74) is 2.52. The summed E-state index contributed by atoms with van der Waals surface area (Å²) in [5.74, 6) is 6.20. The third kappa shape index (κ3) is 3.20. The number of piperidine rings is 1. The lowest BCUT2D eigenvalue weighted by molar-refractivity contribution is -0.0539. The Labute approximate surface area is 119 Å². The SMILES string of the molecule is COC1(C)CCCN(Cc2cc(C(=O)NN)c(C)o2)C1. The molecule has 0 aliphatic carbocycles. The van der Waals surface area contributed by atoms with E-state index in [9.17, 15) is 4.79 Å². The molecular weight excluding hydrogens is 258 g/mol. The van der Waals surface area contributed by atoms with Crippen LogP contribution in [0, 0.1) is 6.92 Å². The molecule has 1 unspecified atom stereocenters. The number of nitrogen functional groups attached to an aromatic ring is 1. The zero-order valence-electron chi connectivity index (χ0n) is 12.4. The summed E-state index contributed by atoms with van der Waals surface area (Å²) in [4.78, 5) is 13.8. The number of carbonyl (C=O) groups excluding carboxylic acids is 1. The number of methoxy groups -OCH3 is 1. The number of hydrogen-bond donors (Lipinski definition) is 2. The molecule has 1 atom stereocenters. The first-order chi connectivity index (χ1) is 9.47. The number of carbonyl (C=O) groups is 1. The summed E-state index contributed by atoms with van der Waals surface area (Å²) >= 11 is 0. The fourth-order valence-corrected chi connectivity index (χ4v) is 2.75. The zero-order chi connectivity index (χ0) is 14.8. The maximum absolute atomic E-state index is 11.6. The molecule has 1 aliphatic rings. The van der Waals surface area contributed by atoms with Gasteiger partial charge in [-0.25, -0.2) is 5.84 Å². The second-order valence-corrected chi connectivity index (χ2v) is 5.62. The molecule has 0 radical (unpaired) electrons. The van der Waals surface area contributed by atoms with Crippen LogP contribution < -0.4 is 11.3 Å². The molecule has 1 saturated heterocycles. The first kappa shape index (κ1) is 15.0. The van der Waals surface area contributed by atoms with E-state index in [-0.39, 0.29) is 11.5 Å². The van der Waals surface area contributed by atoms with Crippen LogP contribution in [0.3, 0.4) is 0 Å². The Hall–Kier alpha value is -1.37. The van der Waals surface area contributed by atoms with Gasteiger partial charge in [0.2, 0.25) is 0 Å². The number of rotatable bonds is 4. The summed E-state index contributed by atoms with van der Waals surface area (Å²) in [6, 6.07) is 1.76. The van der Waals surface area contributed by atoms with E-state index < -0.39 is 0 Å². The molecule has 20 heavy (non-hydrogen) atoms. The lowest BCUT2D eigenvalue weighted by atomic mass is 9.95. The second kappa shape index (κ2) is 5.95. The average Bonchev–Trinajstić information content (AvgIpc) is 2.79. The highest BCUT2D eigenvalue weighted by Gasteiger charge is 2.31. The number of nitrogens with two attached hydrogens (primary N) is 1. The molecule has 0 bridgehead atoms. The number of ether oxygens (including phenoxy) is 1. The Bertz CT molecular complexity index is 486. The molecule has 0 aromatic carbocycles. The zero-order valence-corrected chi connectivity index (χ0v) is 12.4. The Morgan fingerprint density at radius 2 is 2.40 bits per heavy atom. The molecule has 0 saturated carbocycles. The molecular formula is C14H23N3O3. The fraction of sp³-hybridized carbons (Fsp3) is 0.643. The molecule has 1 amide bonds. The quantitative estimate of drug-likeness (QED) is 0.492. The van der Waals surface area contributed by atoms with Gasteiger partial charge in [0.25, 0.3) is 5.91 Å². The van der Waals surface area contributed by atoms with E-state index >= 15 is 0 Å². The number of hydrogen-bond acceptors (Lipinski definition) is 5. The maximum Gasteiger partial charge on any atom is 0.268 e. The number of aryl methyl sites for hydroxylation is 1. The van der Waals surface area contributed by atoms with E-state index in [2.05, 4.69) is 17.2 Å². The minimum atomic E-state index is -0.321. The Kier molecular flexibility index (Phi) is 4.47. The number of nitrogens with one attached hydrogen (secondary N) is 1. The highest BCUT2D eigenvalue weighted by Crippen LogP contribution is 2.26. The van der Waals surface area contributed by atoms with Crippen molar-refractivity contribution >= 4 is 5.91 Å². The van der Waals surface area contributed by atoms with Gasteiger partial charge in [0.15, 0.2) is 0 Å². The minimum Gasteiger partial charge on any atom is -0.464 e. The standard InChI is InChI=1S/C14H23N3O3/c1-10-12(13(18)16-15)7-11(20-10)8-17-6-4-5-14(2,9-17)19-3/h7H,4-6,8-9,15H2,1-3H3,(H,16,18). The van der Waals surface area contributed by atoms with Crippen LogP contribution in [0.5, 0.6) is 0 Å². The van der Waals surface area contributed by atoms with Gasteiger partial charge in [-0.1, -0.05) is 0 Å². The third-order valence-corrected chi connectivity index (χ3v) is 3.95. The van der Waals surface area contributed by atoms with Crippen LogP contribution >= 0.6 is 0 Å². The van der Waals surface area contributed by atoms with E-state index in [0.29, 0.717) is 17.9 Å². The van der Waals surface area contributed by atoms with Crippen molar-refractivity contribution in [3.05, 3.63) is 23.2 Å². The Morgan fingerprint density at radius 1 is 1.65 bits per heavy atom. The van der Waals surface area contributed by atoms with Crippen LogP contribution in [-0.4, -0.2) is 36.6 Å². The van der Waals surface area contributed by atoms with E-state index in [1.807, 2.05) is 0 Å². The molecule has 3 N–H and O–H groups in total. The molecule has 1 aromatic rings. The summed E-state index contributed by atoms with van der Waals surface area (Å²) in [6.45, 7) is 6.44. The van der Waals surface area contributed by atoms with E-state index in [4.69, 9.17) is 15.0 Å². The summed E-state index contributed by atoms with van der Waals surface area (Å²) in [5, 5.41) is 0. The smallest absolute Gasteiger partial charge is 0.268 e. The highest BCUT2D eigenvalue weighted by molar-refractivity contribution is 5.94. The van der Waals surface area contributed by atoms with Crippen LogP contribution in [-0.2, 0) is 11.3 Å². The summed E-state index contributed by atoms with van der Waals surface area (Å²) in [6.07, 6.45) is 2.16.